The topological polar surface area (TPSA) is 60.5 Å². The maximum Gasteiger partial charge on any atom is 0.126 e. The Labute approximate surface area is 180 Å². The molecular formula is C22H32N2O3S2. The first-order valence-corrected chi connectivity index (χ1v) is 12.3. The minimum atomic E-state index is -1.36. The summed E-state index contributed by atoms with van der Waals surface area (Å²) < 4.78 is 27.2. The van der Waals surface area contributed by atoms with Gasteiger partial charge in [0.05, 0.1) is 21.4 Å². The van der Waals surface area contributed by atoms with Crippen LogP contribution in [0, 0.1) is 0 Å². The van der Waals surface area contributed by atoms with Crippen LogP contribution in [0.5, 0.6) is 5.75 Å². The zero-order valence-corrected chi connectivity index (χ0v) is 19.5. The lowest BCUT2D eigenvalue weighted by Crippen LogP contribution is -2.37. The van der Waals surface area contributed by atoms with Crippen molar-refractivity contribution in [2.24, 2.45) is 0 Å². The maximum atomic E-state index is 13.1. The highest BCUT2D eigenvalue weighted by Crippen LogP contribution is 2.39. The van der Waals surface area contributed by atoms with Crippen LogP contribution in [0.15, 0.2) is 29.3 Å². The average Bonchev–Trinajstić information content (AvgIpc) is 3.17. The molecule has 3 rings (SSSR count). The third-order valence-electron chi connectivity index (χ3n) is 4.85. The molecule has 1 heterocycles. The van der Waals surface area contributed by atoms with E-state index in [0.29, 0.717) is 24.9 Å². The predicted octanol–water partition coefficient (Wildman–Crippen LogP) is 5.29. The lowest BCUT2D eigenvalue weighted by molar-refractivity contribution is 0.146. The van der Waals surface area contributed by atoms with Crippen molar-refractivity contribution in [2.45, 2.75) is 69.2 Å². The number of nitrogens with zero attached hydrogens (tertiary/aromatic N) is 1. The summed E-state index contributed by atoms with van der Waals surface area (Å²) in [5, 5.41) is 1.21. The van der Waals surface area contributed by atoms with Crippen LogP contribution >= 0.6 is 11.3 Å². The molecular weight excluding hydrogens is 404 g/mol. The Morgan fingerprint density at radius 2 is 1.97 bits per heavy atom. The zero-order valence-electron chi connectivity index (χ0n) is 17.8. The van der Waals surface area contributed by atoms with Crippen molar-refractivity contribution in [3.8, 4) is 16.2 Å². The Balaban J connectivity index is 1.89. The second kappa shape index (κ2) is 10.2. The first-order valence-electron chi connectivity index (χ1n) is 10.3. The lowest BCUT2D eigenvalue weighted by Gasteiger charge is -2.21. The average molecular weight is 437 g/mol. The van der Waals surface area contributed by atoms with Crippen molar-refractivity contribution in [2.75, 3.05) is 20.3 Å². The van der Waals surface area contributed by atoms with E-state index in [-0.39, 0.29) is 5.54 Å². The van der Waals surface area contributed by atoms with Gasteiger partial charge in [0.2, 0.25) is 0 Å². The van der Waals surface area contributed by atoms with E-state index >= 15 is 0 Å². The molecule has 1 saturated carbocycles. The van der Waals surface area contributed by atoms with E-state index in [0.717, 1.165) is 15.3 Å². The number of hydrogen-bond acceptors (Lipinski definition) is 5. The summed E-state index contributed by atoms with van der Waals surface area (Å²) in [7, 11) is 0.286. The molecule has 7 heteroatoms. The van der Waals surface area contributed by atoms with Crippen molar-refractivity contribution in [1.82, 2.24) is 9.71 Å². The van der Waals surface area contributed by atoms with Gasteiger partial charge in [-0.2, -0.15) is 0 Å². The number of hydrogen-bond donors (Lipinski definition) is 1. The summed E-state index contributed by atoms with van der Waals surface area (Å²) in [6.07, 6.45) is 8.30. The smallest absolute Gasteiger partial charge is 0.126 e. The third-order valence-corrected chi connectivity index (χ3v) is 7.58. The first kappa shape index (κ1) is 22.4. The van der Waals surface area contributed by atoms with Gasteiger partial charge >= 0.3 is 0 Å². The van der Waals surface area contributed by atoms with Gasteiger partial charge in [-0.3, -0.25) is 0 Å². The van der Waals surface area contributed by atoms with Crippen molar-refractivity contribution < 1.29 is 13.7 Å². The van der Waals surface area contributed by atoms with Crippen LogP contribution < -0.4 is 9.46 Å². The minimum Gasteiger partial charge on any atom is -0.491 e. The van der Waals surface area contributed by atoms with Gasteiger partial charge in [-0.05, 0) is 51.8 Å². The second-order valence-corrected chi connectivity index (χ2v) is 10.8. The lowest BCUT2D eigenvalue weighted by atomic mass is 9.90. The van der Waals surface area contributed by atoms with E-state index < -0.39 is 11.0 Å². The molecule has 0 amide bonds. The molecule has 0 radical (unpaired) electrons. The van der Waals surface area contributed by atoms with Gasteiger partial charge in [-0.1, -0.05) is 19.3 Å². The SMILES string of the molecule is COCCOc1ccc(-c2cnc(C3CCCCC3)s2)c(S(=O)NC(C)(C)C)c1. The van der Waals surface area contributed by atoms with Crippen LogP contribution in [-0.2, 0) is 15.7 Å². The maximum absolute atomic E-state index is 13.1. The number of ether oxygens (including phenoxy) is 2. The number of nitrogens with one attached hydrogen (secondary N) is 1. The quantitative estimate of drug-likeness (QED) is 0.571. The van der Waals surface area contributed by atoms with Crippen LogP contribution in [0.25, 0.3) is 10.4 Å². The van der Waals surface area contributed by atoms with Crippen molar-refractivity contribution in [3.63, 3.8) is 0 Å². The monoisotopic (exact) mass is 436 g/mol. The van der Waals surface area contributed by atoms with Gasteiger partial charge in [-0.15, -0.1) is 11.3 Å². The molecule has 1 unspecified atom stereocenters. The highest BCUT2D eigenvalue weighted by molar-refractivity contribution is 7.83. The highest BCUT2D eigenvalue weighted by atomic mass is 32.2. The van der Waals surface area contributed by atoms with E-state index in [9.17, 15) is 4.21 Å². The summed E-state index contributed by atoms with van der Waals surface area (Å²) in [5.41, 5.74) is 0.689. The molecule has 1 aromatic carbocycles. The van der Waals surface area contributed by atoms with Gasteiger partial charge in [-0.25, -0.2) is 13.9 Å². The summed E-state index contributed by atoms with van der Waals surface area (Å²) in [6, 6.07) is 5.81. The van der Waals surface area contributed by atoms with Gasteiger partial charge in [0.25, 0.3) is 0 Å². The molecule has 0 spiro atoms. The number of methoxy groups -OCH3 is 1. The van der Waals surface area contributed by atoms with Crippen molar-refractivity contribution in [3.05, 3.63) is 29.4 Å². The Morgan fingerprint density at radius 3 is 2.66 bits per heavy atom. The Bertz CT molecular complexity index is 824. The van der Waals surface area contributed by atoms with Gasteiger partial charge in [0, 0.05) is 30.3 Å². The molecule has 1 atom stereocenters. The minimum absolute atomic E-state index is 0.268. The molecule has 1 aliphatic rings. The van der Waals surface area contributed by atoms with Gasteiger partial charge < -0.3 is 9.47 Å². The molecule has 29 heavy (non-hydrogen) atoms. The largest absolute Gasteiger partial charge is 0.491 e. The van der Waals surface area contributed by atoms with Gasteiger partial charge in [0.1, 0.15) is 23.3 Å². The standard InChI is InChI=1S/C22H32N2O3S2/c1-22(2,3)24-29(25)20-14-17(27-13-12-26-4)10-11-18(20)19-15-23-21(28-19)16-8-6-5-7-9-16/h10-11,14-16,24H,5-9,12-13H2,1-4H3. The van der Waals surface area contributed by atoms with E-state index in [2.05, 4.69) is 4.72 Å². The highest BCUT2D eigenvalue weighted by Gasteiger charge is 2.22. The van der Waals surface area contributed by atoms with Crippen LogP contribution in [0.4, 0.5) is 0 Å². The molecule has 1 aliphatic carbocycles. The third kappa shape index (κ3) is 6.35. The summed E-state index contributed by atoms with van der Waals surface area (Å²) >= 11 is 1.74. The van der Waals surface area contributed by atoms with Crippen molar-refractivity contribution in [1.29, 1.82) is 0 Å². The number of benzene rings is 1. The molecule has 1 fully saturated rings. The molecule has 0 bridgehead atoms. The summed E-state index contributed by atoms with van der Waals surface area (Å²) in [6.45, 7) is 7.01. The van der Waals surface area contributed by atoms with E-state index in [1.54, 1.807) is 18.4 Å². The second-order valence-electron chi connectivity index (χ2n) is 8.52. The fourth-order valence-corrected chi connectivity index (χ4v) is 5.93. The number of aromatic nitrogens is 1. The first-order chi connectivity index (χ1) is 13.9. The molecule has 160 valence electrons. The number of rotatable bonds is 8. The van der Waals surface area contributed by atoms with E-state index in [4.69, 9.17) is 14.5 Å². The summed E-state index contributed by atoms with van der Waals surface area (Å²) in [5.74, 6) is 1.27. The van der Waals surface area contributed by atoms with Gasteiger partial charge in [0.15, 0.2) is 0 Å². The fourth-order valence-electron chi connectivity index (χ4n) is 3.48. The van der Waals surface area contributed by atoms with E-state index in [1.807, 2.05) is 45.2 Å². The molecule has 1 N–H and O–H groups in total. The molecule has 2 aromatic rings. The molecule has 1 aromatic heterocycles. The molecule has 0 saturated heterocycles. The van der Waals surface area contributed by atoms with Crippen LogP contribution in [-0.4, -0.2) is 35.1 Å². The van der Waals surface area contributed by atoms with Crippen LogP contribution in [0.2, 0.25) is 0 Å². The zero-order chi connectivity index (χ0) is 20.9. The van der Waals surface area contributed by atoms with E-state index in [1.165, 1.54) is 37.1 Å². The van der Waals surface area contributed by atoms with Crippen LogP contribution in [0.1, 0.15) is 63.8 Å². The Morgan fingerprint density at radius 1 is 1.21 bits per heavy atom. The van der Waals surface area contributed by atoms with Crippen molar-refractivity contribution >= 4 is 22.3 Å². The normalized spacial score (nSPS) is 16.7. The predicted molar refractivity (Wildman–Crippen MR) is 120 cm³/mol. The molecule has 0 aliphatic heterocycles. The Hall–Kier alpha value is -1.28. The molecule has 5 nitrogen and oxygen atoms in total. The summed E-state index contributed by atoms with van der Waals surface area (Å²) in [4.78, 5) is 6.52. The fraction of sp³-hybridized carbons (Fsp3) is 0.591. The van der Waals surface area contributed by atoms with Crippen LogP contribution in [0.3, 0.4) is 0 Å². The number of thiazole rings is 1. The Kier molecular flexibility index (Phi) is 7.85.